The molecule has 2 amide bonds. The van der Waals surface area contributed by atoms with Gasteiger partial charge in [-0.3, -0.25) is 0 Å². The van der Waals surface area contributed by atoms with Gasteiger partial charge in [-0.1, -0.05) is 26.7 Å². The lowest BCUT2D eigenvalue weighted by Crippen LogP contribution is -2.47. The summed E-state index contributed by atoms with van der Waals surface area (Å²) in [6.07, 6.45) is 2.73. The largest absolute Gasteiger partial charge is 0.480 e. The highest BCUT2D eigenvalue weighted by Gasteiger charge is 2.21. The molecule has 0 aliphatic carbocycles. The Bertz CT molecular complexity index is 418. The van der Waals surface area contributed by atoms with E-state index < -0.39 is 27.9 Å². The highest BCUT2D eigenvalue weighted by atomic mass is 32.2. The molecular weight excluding hydrogens is 284 g/mol. The predicted octanol–water partition coefficient (Wildman–Crippen LogP) is 0.610. The normalized spacial score (nSPS) is 13.0. The lowest BCUT2D eigenvalue weighted by atomic mass is 10.0. The third-order valence-corrected chi connectivity index (χ3v) is 4.06. The first-order valence-corrected chi connectivity index (χ1v) is 8.70. The van der Waals surface area contributed by atoms with E-state index in [4.69, 9.17) is 5.11 Å². The summed E-state index contributed by atoms with van der Waals surface area (Å²) in [5.41, 5.74) is 0. The van der Waals surface area contributed by atoms with Gasteiger partial charge in [0.1, 0.15) is 15.9 Å². The monoisotopic (exact) mass is 308 g/mol. The van der Waals surface area contributed by atoms with Crippen molar-refractivity contribution in [3.8, 4) is 0 Å². The lowest BCUT2D eigenvalue weighted by molar-refractivity contribution is -0.139. The van der Waals surface area contributed by atoms with Gasteiger partial charge in [0.2, 0.25) is 0 Å². The van der Waals surface area contributed by atoms with Gasteiger partial charge in [0, 0.05) is 12.8 Å². The number of hydrogen-bond donors (Lipinski definition) is 3. The van der Waals surface area contributed by atoms with Gasteiger partial charge in [0.15, 0.2) is 0 Å². The van der Waals surface area contributed by atoms with Crippen LogP contribution in [0.15, 0.2) is 0 Å². The summed E-state index contributed by atoms with van der Waals surface area (Å²) in [6, 6.07) is -1.79. The highest BCUT2D eigenvalue weighted by Crippen LogP contribution is 2.05. The molecule has 7 nitrogen and oxygen atoms in total. The number of hydrogen-bond acceptors (Lipinski definition) is 4. The maximum atomic E-state index is 11.6. The number of sulfone groups is 1. The van der Waals surface area contributed by atoms with Crippen molar-refractivity contribution >= 4 is 21.8 Å². The number of nitrogens with one attached hydrogen (secondary N) is 2. The minimum atomic E-state index is -3.26. The van der Waals surface area contributed by atoms with E-state index in [-0.39, 0.29) is 12.2 Å². The molecule has 0 saturated heterocycles. The standard InChI is InChI=1S/C12H24N2O5S/c1-4-9(5-2)8-13-12(17)14-10(11(15)16)6-7-20(3,18)19/h9-10H,4-8H2,1-3H3,(H,15,16)(H2,13,14,17). The molecule has 118 valence electrons. The third-order valence-electron chi connectivity index (χ3n) is 3.09. The Hall–Kier alpha value is -1.31. The minimum absolute atomic E-state index is 0.146. The first kappa shape index (κ1) is 18.7. The minimum Gasteiger partial charge on any atom is -0.480 e. The van der Waals surface area contributed by atoms with Gasteiger partial charge in [0.05, 0.1) is 5.75 Å². The van der Waals surface area contributed by atoms with Crippen molar-refractivity contribution in [1.29, 1.82) is 0 Å². The molecule has 0 aromatic carbocycles. The molecule has 0 aromatic rings. The van der Waals surface area contributed by atoms with Crippen LogP contribution in [-0.4, -0.2) is 50.1 Å². The molecule has 0 fully saturated rings. The summed E-state index contributed by atoms with van der Waals surface area (Å²) < 4.78 is 22.0. The van der Waals surface area contributed by atoms with Crippen LogP contribution in [0.25, 0.3) is 0 Å². The van der Waals surface area contributed by atoms with Crippen LogP contribution in [0.5, 0.6) is 0 Å². The topological polar surface area (TPSA) is 113 Å². The van der Waals surface area contributed by atoms with E-state index in [0.29, 0.717) is 12.5 Å². The Kier molecular flexibility index (Phi) is 8.21. The van der Waals surface area contributed by atoms with Crippen molar-refractivity contribution in [2.24, 2.45) is 5.92 Å². The van der Waals surface area contributed by atoms with Crippen molar-refractivity contribution in [2.75, 3.05) is 18.6 Å². The number of carboxylic acids is 1. The van der Waals surface area contributed by atoms with Crippen LogP contribution in [0, 0.1) is 5.92 Å². The van der Waals surface area contributed by atoms with Gasteiger partial charge in [-0.05, 0) is 12.3 Å². The van der Waals surface area contributed by atoms with Gasteiger partial charge in [-0.25, -0.2) is 18.0 Å². The molecule has 0 rings (SSSR count). The van der Waals surface area contributed by atoms with Crippen LogP contribution >= 0.6 is 0 Å². The average Bonchev–Trinajstić information content (AvgIpc) is 2.34. The fourth-order valence-corrected chi connectivity index (χ4v) is 2.28. The highest BCUT2D eigenvalue weighted by molar-refractivity contribution is 7.90. The van der Waals surface area contributed by atoms with Gasteiger partial charge < -0.3 is 15.7 Å². The van der Waals surface area contributed by atoms with Gasteiger partial charge in [-0.15, -0.1) is 0 Å². The number of urea groups is 1. The summed E-state index contributed by atoms with van der Waals surface area (Å²) in [7, 11) is -3.26. The van der Waals surface area contributed by atoms with Gasteiger partial charge in [-0.2, -0.15) is 0 Å². The molecule has 0 saturated carbocycles. The molecule has 8 heteroatoms. The number of amides is 2. The van der Waals surface area contributed by atoms with Crippen molar-refractivity contribution in [3.63, 3.8) is 0 Å². The molecule has 1 atom stereocenters. The van der Waals surface area contributed by atoms with Crippen LogP contribution in [0.4, 0.5) is 4.79 Å². The SMILES string of the molecule is CCC(CC)CNC(=O)NC(CCS(C)(=O)=O)C(=O)O. The molecule has 20 heavy (non-hydrogen) atoms. The summed E-state index contributed by atoms with van der Waals surface area (Å²) >= 11 is 0. The molecule has 0 aromatic heterocycles. The van der Waals surface area contributed by atoms with E-state index in [9.17, 15) is 18.0 Å². The molecular formula is C12H24N2O5S. The van der Waals surface area contributed by atoms with Crippen LogP contribution in [0.3, 0.4) is 0 Å². The molecule has 0 heterocycles. The molecule has 0 spiro atoms. The van der Waals surface area contributed by atoms with E-state index >= 15 is 0 Å². The number of aliphatic carboxylic acids is 1. The Labute approximate surface area is 120 Å². The van der Waals surface area contributed by atoms with Crippen molar-refractivity contribution in [1.82, 2.24) is 10.6 Å². The Balaban J connectivity index is 4.31. The zero-order valence-electron chi connectivity index (χ0n) is 12.2. The van der Waals surface area contributed by atoms with Gasteiger partial charge >= 0.3 is 12.0 Å². The first-order valence-electron chi connectivity index (χ1n) is 6.64. The van der Waals surface area contributed by atoms with Crippen LogP contribution in [0.1, 0.15) is 33.1 Å². The van der Waals surface area contributed by atoms with Crippen molar-refractivity contribution in [2.45, 2.75) is 39.2 Å². The molecule has 0 bridgehead atoms. The zero-order valence-corrected chi connectivity index (χ0v) is 13.0. The second-order valence-electron chi connectivity index (χ2n) is 4.85. The number of carbonyl (C=O) groups excluding carboxylic acids is 1. The molecule has 0 radical (unpaired) electrons. The summed E-state index contributed by atoms with van der Waals surface area (Å²) in [6.45, 7) is 4.50. The Morgan fingerprint density at radius 2 is 1.75 bits per heavy atom. The average molecular weight is 308 g/mol. The quantitative estimate of drug-likeness (QED) is 0.577. The maximum absolute atomic E-state index is 11.6. The lowest BCUT2D eigenvalue weighted by Gasteiger charge is -2.17. The Morgan fingerprint density at radius 1 is 1.20 bits per heavy atom. The van der Waals surface area contributed by atoms with E-state index in [2.05, 4.69) is 10.6 Å². The zero-order chi connectivity index (χ0) is 15.8. The van der Waals surface area contributed by atoms with Gasteiger partial charge in [0.25, 0.3) is 0 Å². The van der Waals surface area contributed by atoms with Crippen LogP contribution in [0.2, 0.25) is 0 Å². The van der Waals surface area contributed by atoms with E-state index in [1.807, 2.05) is 13.8 Å². The predicted molar refractivity (Wildman–Crippen MR) is 76.4 cm³/mol. The summed E-state index contributed by atoms with van der Waals surface area (Å²) in [5, 5.41) is 13.8. The summed E-state index contributed by atoms with van der Waals surface area (Å²) in [4.78, 5) is 22.5. The van der Waals surface area contributed by atoms with E-state index in [1.54, 1.807) is 0 Å². The molecule has 1 unspecified atom stereocenters. The second kappa shape index (κ2) is 8.78. The summed E-state index contributed by atoms with van der Waals surface area (Å²) in [5.74, 6) is -1.18. The number of carbonyl (C=O) groups is 2. The van der Waals surface area contributed by atoms with E-state index in [1.165, 1.54) is 0 Å². The fourth-order valence-electron chi connectivity index (χ4n) is 1.61. The smallest absolute Gasteiger partial charge is 0.326 e. The molecule has 0 aliphatic rings. The number of carboxylic acid groups (broad SMARTS) is 1. The van der Waals surface area contributed by atoms with Crippen molar-refractivity contribution < 1.29 is 23.1 Å². The number of rotatable bonds is 9. The third kappa shape index (κ3) is 8.73. The molecule has 3 N–H and O–H groups in total. The fraction of sp³-hybridized carbons (Fsp3) is 0.833. The van der Waals surface area contributed by atoms with E-state index in [0.717, 1.165) is 19.1 Å². The second-order valence-corrected chi connectivity index (χ2v) is 7.11. The maximum Gasteiger partial charge on any atom is 0.326 e. The van der Waals surface area contributed by atoms with Crippen molar-refractivity contribution in [3.05, 3.63) is 0 Å². The van der Waals surface area contributed by atoms with Crippen LogP contribution in [-0.2, 0) is 14.6 Å². The molecule has 0 aliphatic heterocycles. The van der Waals surface area contributed by atoms with Crippen LogP contribution < -0.4 is 10.6 Å². The Morgan fingerprint density at radius 3 is 2.15 bits per heavy atom. The first-order chi connectivity index (χ1) is 9.19.